The summed E-state index contributed by atoms with van der Waals surface area (Å²) in [6, 6.07) is 5.08. The standard InChI is InChI=1S/C17H25FN4O/c1-13-3-4-16(15(18)11-13)19-17(23)22-6-5-14(12-22)21-9-7-20(2)8-10-21/h3-4,11,14H,5-10,12H2,1-2H3,(H,19,23)/t14-/m1/s1. The predicted molar refractivity (Wildman–Crippen MR) is 89.2 cm³/mol. The lowest BCUT2D eigenvalue weighted by Crippen LogP contribution is -2.50. The number of carbonyl (C=O) groups is 1. The highest BCUT2D eigenvalue weighted by Gasteiger charge is 2.31. The molecule has 6 heteroatoms. The van der Waals surface area contributed by atoms with Crippen LogP contribution in [0.25, 0.3) is 0 Å². The van der Waals surface area contributed by atoms with Gasteiger partial charge in [0.25, 0.3) is 0 Å². The average molecular weight is 320 g/mol. The Hall–Kier alpha value is -1.66. The van der Waals surface area contributed by atoms with E-state index >= 15 is 0 Å². The Morgan fingerprint density at radius 3 is 2.65 bits per heavy atom. The van der Waals surface area contributed by atoms with E-state index in [-0.39, 0.29) is 17.5 Å². The minimum Gasteiger partial charge on any atom is -0.323 e. The first-order chi connectivity index (χ1) is 11.0. The van der Waals surface area contributed by atoms with Crippen LogP contribution in [0.3, 0.4) is 0 Å². The van der Waals surface area contributed by atoms with Gasteiger partial charge in [-0.2, -0.15) is 0 Å². The zero-order valence-corrected chi connectivity index (χ0v) is 13.9. The summed E-state index contributed by atoms with van der Waals surface area (Å²) in [5.41, 5.74) is 1.10. The van der Waals surface area contributed by atoms with E-state index < -0.39 is 0 Å². The third-order valence-electron chi connectivity index (χ3n) is 4.87. The van der Waals surface area contributed by atoms with Gasteiger partial charge in [0, 0.05) is 45.3 Å². The second-order valence-electron chi connectivity index (χ2n) is 6.64. The van der Waals surface area contributed by atoms with Crippen LogP contribution in [0.2, 0.25) is 0 Å². The van der Waals surface area contributed by atoms with Crippen molar-refractivity contribution in [1.82, 2.24) is 14.7 Å². The number of nitrogens with zero attached hydrogens (tertiary/aromatic N) is 3. The Bertz CT molecular complexity index is 572. The molecule has 2 heterocycles. The zero-order chi connectivity index (χ0) is 16.4. The highest BCUT2D eigenvalue weighted by Crippen LogP contribution is 2.20. The van der Waals surface area contributed by atoms with Gasteiger partial charge in [0.2, 0.25) is 0 Å². The van der Waals surface area contributed by atoms with Gasteiger partial charge in [0.15, 0.2) is 0 Å². The topological polar surface area (TPSA) is 38.8 Å². The average Bonchev–Trinajstić information content (AvgIpc) is 3.01. The van der Waals surface area contributed by atoms with Crippen LogP contribution in [0.4, 0.5) is 14.9 Å². The first-order valence-electron chi connectivity index (χ1n) is 8.27. The lowest BCUT2D eigenvalue weighted by atomic mass is 10.2. The van der Waals surface area contributed by atoms with E-state index in [2.05, 4.69) is 22.2 Å². The van der Waals surface area contributed by atoms with Crippen molar-refractivity contribution in [2.75, 3.05) is 51.6 Å². The number of aryl methyl sites for hydroxylation is 1. The van der Waals surface area contributed by atoms with Crippen LogP contribution in [0.5, 0.6) is 0 Å². The SMILES string of the molecule is Cc1ccc(NC(=O)N2CC[C@@H](N3CCN(C)CC3)C2)c(F)c1. The molecule has 0 bridgehead atoms. The van der Waals surface area contributed by atoms with Gasteiger partial charge in [0.1, 0.15) is 5.82 Å². The second-order valence-corrected chi connectivity index (χ2v) is 6.64. The summed E-state index contributed by atoms with van der Waals surface area (Å²) < 4.78 is 13.9. The fourth-order valence-corrected chi connectivity index (χ4v) is 3.33. The molecule has 0 spiro atoms. The second kappa shape index (κ2) is 6.84. The van der Waals surface area contributed by atoms with Crippen molar-refractivity contribution >= 4 is 11.7 Å². The van der Waals surface area contributed by atoms with Crippen LogP contribution in [0, 0.1) is 12.7 Å². The summed E-state index contributed by atoms with van der Waals surface area (Å²) in [6.07, 6.45) is 0.994. The van der Waals surface area contributed by atoms with Gasteiger partial charge in [-0.25, -0.2) is 9.18 Å². The Kier molecular flexibility index (Phi) is 4.82. The van der Waals surface area contributed by atoms with Crippen molar-refractivity contribution in [2.45, 2.75) is 19.4 Å². The molecule has 5 nitrogen and oxygen atoms in total. The third kappa shape index (κ3) is 3.82. The summed E-state index contributed by atoms with van der Waals surface area (Å²) in [7, 11) is 2.14. The highest BCUT2D eigenvalue weighted by molar-refractivity contribution is 5.89. The fourth-order valence-electron chi connectivity index (χ4n) is 3.33. The number of rotatable bonds is 2. The number of nitrogens with one attached hydrogen (secondary N) is 1. The monoisotopic (exact) mass is 320 g/mol. The first kappa shape index (κ1) is 16.2. The molecule has 23 heavy (non-hydrogen) atoms. The summed E-state index contributed by atoms with van der Waals surface area (Å²) in [4.78, 5) is 18.9. The van der Waals surface area contributed by atoms with E-state index in [4.69, 9.17) is 0 Å². The molecular weight excluding hydrogens is 295 g/mol. The summed E-state index contributed by atoms with van der Waals surface area (Å²) >= 11 is 0. The van der Waals surface area contributed by atoms with Crippen molar-refractivity contribution in [1.29, 1.82) is 0 Å². The van der Waals surface area contributed by atoms with E-state index in [1.54, 1.807) is 17.0 Å². The first-order valence-corrected chi connectivity index (χ1v) is 8.27. The van der Waals surface area contributed by atoms with Crippen LogP contribution >= 0.6 is 0 Å². The number of hydrogen-bond donors (Lipinski definition) is 1. The van der Waals surface area contributed by atoms with Crippen molar-refractivity contribution < 1.29 is 9.18 Å². The van der Waals surface area contributed by atoms with E-state index in [0.29, 0.717) is 6.04 Å². The Labute approximate surface area is 137 Å². The molecule has 2 aliphatic rings. The number of anilines is 1. The highest BCUT2D eigenvalue weighted by atomic mass is 19.1. The van der Waals surface area contributed by atoms with Crippen molar-refractivity contribution in [2.24, 2.45) is 0 Å². The van der Waals surface area contributed by atoms with Crippen LogP contribution < -0.4 is 5.32 Å². The van der Waals surface area contributed by atoms with E-state index in [1.165, 1.54) is 6.07 Å². The maximum Gasteiger partial charge on any atom is 0.321 e. The lowest BCUT2D eigenvalue weighted by molar-refractivity contribution is 0.115. The van der Waals surface area contributed by atoms with Crippen LogP contribution in [-0.4, -0.2) is 73.1 Å². The molecule has 126 valence electrons. The van der Waals surface area contributed by atoms with Crippen molar-refractivity contribution in [3.8, 4) is 0 Å². The smallest absolute Gasteiger partial charge is 0.321 e. The maximum atomic E-state index is 13.9. The van der Waals surface area contributed by atoms with E-state index in [1.807, 2.05) is 6.92 Å². The Balaban J connectivity index is 1.55. The van der Waals surface area contributed by atoms with Gasteiger partial charge >= 0.3 is 6.03 Å². The number of likely N-dealkylation sites (N-methyl/N-ethyl adjacent to an activating group) is 1. The van der Waals surface area contributed by atoms with Gasteiger partial charge in [-0.15, -0.1) is 0 Å². The molecular formula is C17H25FN4O. The van der Waals surface area contributed by atoms with E-state index in [9.17, 15) is 9.18 Å². The molecule has 1 aromatic rings. The van der Waals surface area contributed by atoms with Gasteiger partial charge in [-0.05, 0) is 38.1 Å². The molecule has 0 aromatic heterocycles. The Morgan fingerprint density at radius 1 is 1.22 bits per heavy atom. The molecule has 0 aliphatic carbocycles. The van der Waals surface area contributed by atoms with Crippen molar-refractivity contribution in [3.63, 3.8) is 0 Å². The zero-order valence-electron chi connectivity index (χ0n) is 13.9. The Morgan fingerprint density at radius 2 is 1.96 bits per heavy atom. The summed E-state index contributed by atoms with van der Waals surface area (Å²) in [5, 5.41) is 2.70. The molecule has 1 aromatic carbocycles. The third-order valence-corrected chi connectivity index (χ3v) is 4.87. The molecule has 2 amide bonds. The van der Waals surface area contributed by atoms with E-state index in [0.717, 1.165) is 51.3 Å². The number of benzene rings is 1. The van der Waals surface area contributed by atoms with Gasteiger partial charge < -0.3 is 15.1 Å². The minimum absolute atomic E-state index is 0.204. The largest absolute Gasteiger partial charge is 0.323 e. The van der Waals surface area contributed by atoms with Gasteiger partial charge in [-0.1, -0.05) is 6.07 Å². The number of amides is 2. The number of halogens is 1. The molecule has 0 radical (unpaired) electrons. The molecule has 2 saturated heterocycles. The summed E-state index contributed by atoms with van der Waals surface area (Å²) in [5.74, 6) is -0.381. The quantitative estimate of drug-likeness (QED) is 0.906. The van der Waals surface area contributed by atoms with Crippen LogP contribution in [0.1, 0.15) is 12.0 Å². The molecule has 3 rings (SSSR count). The molecule has 1 atom stereocenters. The van der Waals surface area contributed by atoms with Crippen LogP contribution in [-0.2, 0) is 0 Å². The predicted octanol–water partition coefficient (Wildman–Crippen LogP) is 1.99. The number of urea groups is 1. The van der Waals surface area contributed by atoms with Crippen LogP contribution in [0.15, 0.2) is 18.2 Å². The van der Waals surface area contributed by atoms with Crippen molar-refractivity contribution in [3.05, 3.63) is 29.6 Å². The fraction of sp³-hybridized carbons (Fsp3) is 0.588. The summed E-state index contributed by atoms with van der Waals surface area (Å²) in [6.45, 7) is 7.57. The lowest BCUT2D eigenvalue weighted by Gasteiger charge is -2.36. The van der Waals surface area contributed by atoms with Gasteiger partial charge in [0.05, 0.1) is 5.69 Å². The molecule has 2 fully saturated rings. The minimum atomic E-state index is -0.381. The molecule has 2 aliphatic heterocycles. The number of likely N-dealkylation sites (tertiary alicyclic amines) is 1. The number of carbonyl (C=O) groups excluding carboxylic acids is 1. The number of hydrogen-bond acceptors (Lipinski definition) is 3. The normalized spacial score (nSPS) is 23.3. The molecule has 0 saturated carbocycles. The molecule has 0 unspecified atom stereocenters. The number of piperazine rings is 1. The maximum absolute atomic E-state index is 13.9. The van der Waals surface area contributed by atoms with Gasteiger partial charge in [-0.3, -0.25) is 4.90 Å². The molecule has 1 N–H and O–H groups in total.